The lowest BCUT2D eigenvalue weighted by molar-refractivity contribution is -0.199. The first kappa shape index (κ1) is 7.03. The predicted molar refractivity (Wildman–Crippen MR) is 37.0 cm³/mol. The van der Waals surface area contributed by atoms with Crippen molar-refractivity contribution in [3.63, 3.8) is 0 Å². The van der Waals surface area contributed by atoms with Gasteiger partial charge in [0.1, 0.15) is 0 Å². The summed E-state index contributed by atoms with van der Waals surface area (Å²) in [6.45, 7) is 3.08. The van der Waals surface area contributed by atoms with Gasteiger partial charge < -0.3 is 0 Å². The molecule has 0 heterocycles. The number of hydroxylamine groups is 2. The van der Waals surface area contributed by atoms with Gasteiger partial charge in [-0.05, 0) is 19.3 Å². The molecule has 0 aromatic heterocycles. The fourth-order valence-corrected chi connectivity index (χ4v) is 0.805. The highest BCUT2D eigenvalue weighted by Gasteiger charge is 2.19. The predicted octanol–water partition coefficient (Wildman–Crippen LogP) is 1.42. The highest BCUT2D eigenvalue weighted by atomic mass is 16.7. The Bertz CT molecular complexity index is 78.2. The second-order valence-corrected chi connectivity index (χ2v) is 2.60. The maximum Gasteiger partial charge on any atom is 0.0793 e. The molecule has 0 bridgehead atoms. The number of nitrogens with zero attached hydrogens (tertiary/aromatic N) is 1. The van der Waals surface area contributed by atoms with E-state index in [2.05, 4.69) is 6.92 Å². The Labute approximate surface area is 56.8 Å². The molecular weight excluding hydrogens is 114 g/mol. The normalized spacial score (nSPS) is 20.3. The van der Waals surface area contributed by atoms with Crippen molar-refractivity contribution < 1.29 is 4.84 Å². The number of hydrogen-bond acceptors (Lipinski definition) is 2. The Kier molecular flexibility index (Phi) is 2.49. The van der Waals surface area contributed by atoms with Gasteiger partial charge in [0.15, 0.2) is 0 Å². The standard InChI is InChI=1S/C7H15NO/c1-3-8(2)9-7-5-4-6-7/h7H,3-6H2,1-2H3. The number of hydrogen-bond donors (Lipinski definition) is 0. The Hall–Kier alpha value is -0.0800. The third-order valence-electron chi connectivity index (χ3n) is 1.83. The van der Waals surface area contributed by atoms with Crippen LogP contribution < -0.4 is 0 Å². The molecule has 0 N–H and O–H groups in total. The lowest BCUT2D eigenvalue weighted by Crippen LogP contribution is -2.30. The molecule has 1 aliphatic carbocycles. The molecule has 0 saturated heterocycles. The third-order valence-corrected chi connectivity index (χ3v) is 1.83. The van der Waals surface area contributed by atoms with E-state index < -0.39 is 0 Å². The molecule has 0 aliphatic heterocycles. The molecule has 0 amide bonds. The van der Waals surface area contributed by atoms with Crippen LogP contribution in [-0.4, -0.2) is 24.8 Å². The molecule has 0 aromatic rings. The van der Waals surface area contributed by atoms with Crippen LogP contribution in [-0.2, 0) is 4.84 Å². The zero-order valence-electron chi connectivity index (χ0n) is 6.26. The van der Waals surface area contributed by atoms with Crippen LogP contribution in [0.2, 0.25) is 0 Å². The van der Waals surface area contributed by atoms with Gasteiger partial charge in [-0.1, -0.05) is 6.92 Å². The summed E-state index contributed by atoms with van der Waals surface area (Å²) < 4.78 is 0. The SMILES string of the molecule is CCN(C)OC1CCC1. The zero-order valence-corrected chi connectivity index (χ0v) is 6.26. The summed E-state index contributed by atoms with van der Waals surface area (Å²) in [4.78, 5) is 5.47. The van der Waals surface area contributed by atoms with E-state index in [4.69, 9.17) is 4.84 Å². The van der Waals surface area contributed by atoms with Gasteiger partial charge in [0.05, 0.1) is 6.10 Å². The average Bonchev–Trinajstić information content (AvgIpc) is 1.78. The molecule has 0 radical (unpaired) electrons. The Morgan fingerprint density at radius 2 is 2.22 bits per heavy atom. The van der Waals surface area contributed by atoms with Gasteiger partial charge in [-0.3, -0.25) is 4.84 Å². The average molecular weight is 129 g/mol. The largest absolute Gasteiger partial charge is 0.296 e. The van der Waals surface area contributed by atoms with E-state index in [0.717, 1.165) is 6.54 Å². The molecule has 2 nitrogen and oxygen atoms in total. The summed E-state index contributed by atoms with van der Waals surface area (Å²) in [7, 11) is 1.98. The lowest BCUT2D eigenvalue weighted by Gasteiger charge is -2.29. The highest BCUT2D eigenvalue weighted by molar-refractivity contribution is 4.67. The first-order valence-electron chi connectivity index (χ1n) is 3.71. The molecule has 0 spiro atoms. The monoisotopic (exact) mass is 129 g/mol. The van der Waals surface area contributed by atoms with Crippen molar-refractivity contribution in [2.24, 2.45) is 0 Å². The molecule has 0 unspecified atom stereocenters. The molecule has 1 aliphatic rings. The third kappa shape index (κ3) is 1.95. The first-order valence-corrected chi connectivity index (χ1v) is 3.71. The van der Waals surface area contributed by atoms with Crippen molar-refractivity contribution in [1.29, 1.82) is 0 Å². The molecular formula is C7H15NO. The summed E-state index contributed by atoms with van der Waals surface area (Å²) in [5.74, 6) is 0. The summed E-state index contributed by atoms with van der Waals surface area (Å²) in [5, 5.41) is 1.91. The molecule has 1 saturated carbocycles. The van der Waals surface area contributed by atoms with Crippen molar-refractivity contribution in [1.82, 2.24) is 5.06 Å². The van der Waals surface area contributed by atoms with Gasteiger partial charge in [0.2, 0.25) is 0 Å². The second kappa shape index (κ2) is 3.18. The molecule has 1 rings (SSSR count). The van der Waals surface area contributed by atoms with Crippen LogP contribution in [0.25, 0.3) is 0 Å². The molecule has 2 heteroatoms. The minimum Gasteiger partial charge on any atom is -0.296 e. The fourth-order valence-electron chi connectivity index (χ4n) is 0.805. The van der Waals surface area contributed by atoms with Gasteiger partial charge in [-0.25, -0.2) is 0 Å². The van der Waals surface area contributed by atoms with Gasteiger partial charge in [-0.15, -0.1) is 0 Å². The summed E-state index contributed by atoms with van der Waals surface area (Å²) >= 11 is 0. The zero-order chi connectivity index (χ0) is 6.69. The number of rotatable bonds is 3. The van der Waals surface area contributed by atoms with Gasteiger partial charge in [0.25, 0.3) is 0 Å². The summed E-state index contributed by atoms with van der Waals surface area (Å²) in [5.41, 5.74) is 0. The van der Waals surface area contributed by atoms with Gasteiger partial charge in [0, 0.05) is 13.6 Å². The van der Waals surface area contributed by atoms with Crippen molar-refractivity contribution in [3.8, 4) is 0 Å². The Morgan fingerprint density at radius 1 is 1.56 bits per heavy atom. The van der Waals surface area contributed by atoms with Crippen LogP contribution >= 0.6 is 0 Å². The first-order chi connectivity index (χ1) is 4.33. The molecule has 9 heavy (non-hydrogen) atoms. The Balaban J connectivity index is 2.01. The fraction of sp³-hybridized carbons (Fsp3) is 1.00. The van der Waals surface area contributed by atoms with Crippen LogP contribution in [0.4, 0.5) is 0 Å². The Morgan fingerprint density at radius 3 is 2.56 bits per heavy atom. The van der Waals surface area contributed by atoms with E-state index in [-0.39, 0.29) is 0 Å². The van der Waals surface area contributed by atoms with Crippen molar-refractivity contribution in [3.05, 3.63) is 0 Å². The summed E-state index contributed by atoms with van der Waals surface area (Å²) in [6, 6.07) is 0. The van der Waals surface area contributed by atoms with Crippen LogP contribution in [0.15, 0.2) is 0 Å². The van der Waals surface area contributed by atoms with Crippen LogP contribution in [0, 0.1) is 0 Å². The molecule has 1 fully saturated rings. The van der Waals surface area contributed by atoms with Crippen molar-refractivity contribution in [2.45, 2.75) is 32.3 Å². The summed E-state index contributed by atoms with van der Waals surface area (Å²) in [6.07, 6.45) is 4.40. The minimum absolute atomic E-state index is 0.537. The van der Waals surface area contributed by atoms with Crippen LogP contribution in [0.5, 0.6) is 0 Å². The molecule has 0 aromatic carbocycles. The lowest BCUT2D eigenvalue weighted by atomic mass is 9.97. The highest BCUT2D eigenvalue weighted by Crippen LogP contribution is 2.22. The molecule has 54 valence electrons. The van der Waals surface area contributed by atoms with Gasteiger partial charge in [-0.2, -0.15) is 5.06 Å². The van der Waals surface area contributed by atoms with Crippen LogP contribution in [0.3, 0.4) is 0 Å². The van der Waals surface area contributed by atoms with Crippen molar-refractivity contribution >= 4 is 0 Å². The van der Waals surface area contributed by atoms with E-state index in [9.17, 15) is 0 Å². The maximum atomic E-state index is 5.47. The van der Waals surface area contributed by atoms with Gasteiger partial charge >= 0.3 is 0 Å². The second-order valence-electron chi connectivity index (χ2n) is 2.60. The van der Waals surface area contributed by atoms with E-state index in [0.29, 0.717) is 6.10 Å². The van der Waals surface area contributed by atoms with Crippen molar-refractivity contribution in [2.75, 3.05) is 13.6 Å². The topological polar surface area (TPSA) is 12.5 Å². The quantitative estimate of drug-likeness (QED) is 0.534. The van der Waals surface area contributed by atoms with E-state index in [1.165, 1.54) is 19.3 Å². The van der Waals surface area contributed by atoms with Crippen LogP contribution in [0.1, 0.15) is 26.2 Å². The smallest absolute Gasteiger partial charge is 0.0793 e. The minimum atomic E-state index is 0.537. The van der Waals surface area contributed by atoms with E-state index in [1.807, 2.05) is 12.1 Å². The maximum absolute atomic E-state index is 5.47. The van der Waals surface area contributed by atoms with E-state index >= 15 is 0 Å². The van der Waals surface area contributed by atoms with E-state index in [1.54, 1.807) is 0 Å². The molecule has 0 atom stereocenters.